The second-order valence-corrected chi connectivity index (χ2v) is 23.9. The van der Waals surface area contributed by atoms with Crippen molar-refractivity contribution in [2.24, 2.45) is 0 Å². The predicted molar refractivity (Wildman–Crippen MR) is 364 cm³/mol. The van der Waals surface area contributed by atoms with Crippen LogP contribution in [0.4, 0.5) is 0 Å². The highest BCUT2D eigenvalue weighted by Gasteiger charge is 2.51. The molecule has 12 unspecified atom stereocenters. The lowest BCUT2D eigenvalue weighted by molar-refractivity contribution is -0.359. The first-order chi connectivity index (χ1) is 43.6. The standard InChI is InChI=1S/C75H125NO13/c1-3-5-7-9-11-13-15-17-19-21-22-23-24-25-26-27-28-29-30-31-32-33-34-35-36-37-38-39-40-41-42-43-45-47-49-51-53-55-57-59-67(80)76-63(64(79)58-56-54-52-50-48-46-44-20-18-16-14-12-10-8-6-4-2)62-86-74-72(85)70(83)73(66(61-78)88-74)89-75-71(84)69(82)68(81)65(60-77)87-75/h5,7,11,13,17,19,22-23,25-26,28-29,31-32,34-35,37-38,40-41,43,45,63-66,68-75,77-79,81-85H,3-4,6,8-10,12,14-16,18,20-21,24,27,30,33,36,39,42,44,46-62H2,1-2H3,(H,76,80)/b7-5-,13-11-,19-17-,23-22-,26-25-,29-28-,32-31-,35-34-,38-37-,41-40-,45-43-. The highest BCUT2D eigenvalue weighted by molar-refractivity contribution is 5.76. The van der Waals surface area contributed by atoms with E-state index in [0.717, 1.165) is 128 Å². The molecule has 0 aliphatic carbocycles. The summed E-state index contributed by atoms with van der Waals surface area (Å²) >= 11 is 0. The fourth-order valence-electron chi connectivity index (χ4n) is 10.6. The largest absolute Gasteiger partial charge is 0.394 e. The normalized spacial score (nSPS) is 23.9. The zero-order valence-electron chi connectivity index (χ0n) is 55.1. The van der Waals surface area contributed by atoms with Gasteiger partial charge in [-0.1, -0.05) is 270 Å². The lowest BCUT2D eigenvalue weighted by Gasteiger charge is -2.46. The van der Waals surface area contributed by atoms with Crippen LogP contribution < -0.4 is 5.32 Å². The Labute approximate surface area is 539 Å². The van der Waals surface area contributed by atoms with E-state index in [0.29, 0.717) is 12.8 Å². The van der Waals surface area contributed by atoms with Gasteiger partial charge < -0.3 is 65.1 Å². The number of hydrogen-bond donors (Lipinski definition) is 9. The van der Waals surface area contributed by atoms with Crippen LogP contribution in [0.5, 0.6) is 0 Å². The van der Waals surface area contributed by atoms with Gasteiger partial charge in [0.15, 0.2) is 12.6 Å². The molecule has 14 heteroatoms. The molecule has 0 aromatic carbocycles. The summed E-state index contributed by atoms with van der Waals surface area (Å²) in [6, 6.07) is -0.849. The van der Waals surface area contributed by atoms with Gasteiger partial charge in [-0.3, -0.25) is 4.79 Å². The highest BCUT2D eigenvalue weighted by Crippen LogP contribution is 2.30. The molecule has 0 aromatic rings. The van der Waals surface area contributed by atoms with Crippen LogP contribution in [0, 0.1) is 0 Å². The van der Waals surface area contributed by atoms with Crippen LogP contribution in [-0.4, -0.2) is 140 Å². The summed E-state index contributed by atoms with van der Waals surface area (Å²) in [5.74, 6) is -0.230. The maximum absolute atomic E-state index is 13.3. The third-order valence-electron chi connectivity index (χ3n) is 16.1. The molecule has 14 nitrogen and oxygen atoms in total. The summed E-state index contributed by atoms with van der Waals surface area (Å²) in [7, 11) is 0. The molecule has 0 radical (unpaired) electrons. The van der Waals surface area contributed by atoms with Crippen LogP contribution in [0.25, 0.3) is 0 Å². The first kappa shape index (κ1) is 81.2. The Balaban J connectivity index is 1.65. The van der Waals surface area contributed by atoms with Crippen molar-refractivity contribution >= 4 is 5.91 Å². The lowest BCUT2D eigenvalue weighted by atomic mass is 9.97. The van der Waals surface area contributed by atoms with Gasteiger partial charge in [-0.2, -0.15) is 0 Å². The summed E-state index contributed by atoms with van der Waals surface area (Å²) in [6.07, 6.45) is 68.9. The Bertz CT molecular complexity index is 2010. The zero-order valence-corrected chi connectivity index (χ0v) is 55.1. The number of hydrogen-bond acceptors (Lipinski definition) is 13. The smallest absolute Gasteiger partial charge is 0.220 e. The lowest BCUT2D eigenvalue weighted by Crippen LogP contribution is -2.65. The average molecular weight is 1250 g/mol. The van der Waals surface area contributed by atoms with Gasteiger partial charge in [0.2, 0.25) is 5.91 Å². The molecule has 2 rings (SSSR count). The fraction of sp³-hybridized carbons (Fsp3) is 0.693. The summed E-state index contributed by atoms with van der Waals surface area (Å²) in [5.41, 5.74) is 0. The maximum Gasteiger partial charge on any atom is 0.220 e. The number of carbonyl (C=O) groups is 1. The molecule has 2 aliphatic heterocycles. The summed E-state index contributed by atoms with van der Waals surface area (Å²) in [6.45, 7) is 2.73. The first-order valence-corrected chi connectivity index (χ1v) is 34.9. The molecule has 0 aromatic heterocycles. The van der Waals surface area contributed by atoms with Crippen molar-refractivity contribution in [2.45, 2.75) is 312 Å². The van der Waals surface area contributed by atoms with Gasteiger partial charge in [0.05, 0.1) is 32.0 Å². The number of aliphatic hydroxyl groups is 8. The number of nitrogens with one attached hydrogen (secondary N) is 1. The van der Waals surface area contributed by atoms with Gasteiger partial charge in [-0.05, 0) is 96.3 Å². The minimum Gasteiger partial charge on any atom is -0.394 e. The van der Waals surface area contributed by atoms with Gasteiger partial charge in [0.1, 0.15) is 48.8 Å². The number of carbonyl (C=O) groups excluding carboxylic acids is 1. The molecule has 1 amide bonds. The van der Waals surface area contributed by atoms with Crippen LogP contribution in [0.1, 0.15) is 239 Å². The summed E-state index contributed by atoms with van der Waals surface area (Å²) < 4.78 is 22.9. The number of amides is 1. The van der Waals surface area contributed by atoms with Crippen molar-refractivity contribution in [3.05, 3.63) is 134 Å². The molecule has 12 atom stereocenters. The van der Waals surface area contributed by atoms with E-state index in [1.165, 1.54) is 77.0 Å². The van der Waals surface area contributed by atoms with Crippen molar-refractivity contribution in [3.63, 3.8) is 0 Å². The van der Waals surface area contributed by atoms with Crippen molar-refractivity contribution < 1.29 is 64.6 Å². The molecule has 89 heavy (non-hydrogen) atoms. The fourth-order valence-corrected chi connectivity index (χ4v) is 10.6. The molecular formula is C75H125NO13. The first-order valence-electron chi connectivity index (χ1n) is 34.9. The van der Waals surface area contributed by atoms with Crippen molar-refractivity contribution in [1.29, 1.82) is 0 Å². The summed E-state index contributed by atoms with van der Waals surface area (Å²) in [5, 5.41) is 87.5. The van der Waals surface area contributed by atoms with Gasteiger partial charge in [0.25, 0.3) is 0 Å². The number of rotatable bonds is 55. The Hall–Kier alpha value is -3.87. The monoisotopic (exact) mass is 1250 g/mol. The van der Waals surface area contributed by atoms with Crippen molar-refractivity contribution in [3.8, 4) is 0 Å². The van der Waals surface area contributed by atoms with E-state index in [4.69, 9.17) is 18.9 Å². The molecule has 2 saturated heterocycles. The molecule has 0 saturated carbocycles. The molecule has 2 heterocycles. The van der Waals surface area contributed by atoms with Crippen LogP contribution >= 0.6 is 0 Å². The minimum atomic E-state index is -1.79. The Kier molecular flexibility index (Phi) is 52.9. The summed E-state index contributed by atoms with van der Waals surface area (Å²) in [4.78, 5) is 13.3. The Morgan fingerprint density at radius 3 is 1.19 bits per heavy atom. The number of unbranched alkanes of at least 4 members (excludes halogenated alkanes) is 20. The molecule has 0 bridgehead atoms. The van der Waals surface area contributed by atoms with Gasteiger partial charge in [-0.25, -0.2) is 0 Å². The third-order valence-corrected chi connectivity index (χ3v) is 16.1. The Morgan fingerprint density at radius 2 is 0.775 bits per heavy atom. The second-order valence-electron chi connectivity index (χ2n) is 23.9. The molecule has 0 spiro atoms. The predicted octanol–water partition coefficient (Wildman–Crippen LogP) is 14.3. The quantitative estimate of drug-likeness (QED) is 0.0204. The Morgan fingerprint density at radius 1 is 0.416 bits per heavy atom. The van der Waals surface area contributed by atoms with Crippen LogP contribution in [-0.2, 0) is 23.7 Å². The zero-order chi connectivity index (χ0) is 64.5. The number of aliphatic hydroxyl groups excluding tert-OH is 8. The molecule has 508 valence electrons. The molecule has 2 aliphatic rings. The van der Waals surface area contributed by atoms with E-state index in [-0.39, 0.29) is 18.9 Å². The van der Waals surface area contributed by atoms with Gasteiger partial charge >= 0.3 is 0 Å². The topological polar surface area (TPSA) is 228 Å². The number of allylic oxidation sites excluding steroid dienone is 22. The van der Waals surface area contributed by atoms with E-state index >= 15 is 0 Å². The van der Waals surface area contributed by atoms with E-state index in [1.807, 2.05) is 0 Å². The van der Waals surface area contributed by atoms with E-state index in [2.05, 4.69) is 153 Å². The molecule has 2 fully saturated rings. The van der Waals surface area contributed by atoms with E-state index in [9.17, 15) is 45.6 Å². The van der Waals surface area contributed by atoms with Gasteiger partial charge in [-0.15, -0.1) is 0 Å². The molecule has 9 N–H and O–H groups in total. The van der Waals surface area contributed by atoms with Crippen LogP contribution in [0.3, 0.4) is 0 Å². The van der Waals surface area contributed by atoms with E-state index < -0.39 is 86.8 Å². The number of ether oxygens (including phenoxy) is 4. The maximum atomic E-state index is 13.3. The van der Waals surface area contributed by atoms with Crippen LogP contribution in [0.15, 0.2) is 134 Å². The van der Waals surface area contributed by atoms with Gasteiger partial charge in [0, 0.05) is 6.42 Å². The van der Waals surface area contributed by atoms with E-state index in [1.54, 1.807) is 0 Å². The molecular weight excluding hydrogens is 1120 g/mol. The highest BCUT2D eigenvalue weighted by atomic mass is 16.7. The van der Waals surface area contributed by atoms with Crippen LogP contribution in [0.2, 0.25) is 0 Å². The minimum absolute atomic E-state index is 0.230. The van der Waals surface area contributed by atoms with Crippen molar-refractivity contribution in [2.75, 3.05) is 19.8 Å². The van der Waals surface area contributed by atoms with Crippen molar-refractivity contribution in [1.82, 2.24) is 5.32 Å². The second kappa shape index (κ2) is 58.0. The average Bonchev–Trinajstić information content (AvgIpc) is 2.55. The SMILES string of the molecule is CC/C=C\C/C=C\C/C=C\C/C=C\C/C=C\C/C=C\C/C=C\C/C=C\C/C=C\C/C=C\C/C=C\CCCCCCCC(=O)NC(COC1OC(CO)C(OC2OC(CO)C(O)C(O)C2O)C(O)C1O)C(O)CCCCCCCCCCCCCCCCCC. The third kappa shape index (κ3) is 42.1.